The molecule has 1 aliphatic heterocycles. The van der Waals surface area contributed by atoms with E-state index in [1.165, 1.54) is 12.8 Å². The highest BCUT2D eigenvalue weighted by Gasteiger charge is 2.20. The molecule has 110 valence electrons. The van der Waals surface area contributed by atoms with Crippen LogP contribution in [0.3, 0.4) is 0 Å². The largest absolute Gasteiger partial charge is 0.301 e. The lowest BCUT2D eigenvalue weighted by Crippen LogP contribution is -2.44. The van der Waals surface area contributed by atoms with Crippen LogP contribution < -0.4 is 10.9 Å². The summed E-state index contributed by atoms with van der Waals surface area (Å²) in [6, 6.07) is 9.93. The topological polar surface area (TPSA) is 44.4 Å². The predicted molar refractivity (Wildman–Crippen MR) is 81.3 cm³/mol. The third kappa shape index (κ3) is 4.32. The second kappa shape index (κ2) is 7.41. The lowest BCUT2D eigenvalue weighted by atomic mass is 9.96. The van der Waals surface area contributed by atoms with Gasteiger partial charge in [0, 0.05) is 18.2 Å². The summed E-state index contributed by atoms with van der Waals surface area (Å²) >= 11 is 0. The average Bonchev–Trinajstić information content (AvgIpc) is 2.48. The molecule has 20 heavy (non-hydrogen) atoms. The maximum absolute atomic E-state index is 11.8. The summed E-state index contributed by atoms with van der Waals surface area (Å²) in [5, 5.41) is 0. The van der Waals surface area contributed by atoms with Gasteiger partial charge in [-0.3, -0.25) is 10.2 Å². The molecule has 1 amide bonds. The number of carbonyl (C=O) groups is 1. The van der Waals surface area contributed by atoms with E-state index < -0.39 is 0 Å². The Morgan fingerprint density at radius 1 is 1.25 bits per heavy atom. The number of hydrazine groups is 1. The second-order valence-corrected chi connectivity index (χ2v) is 5.77. The van der Waals surface area contributed by atoms with E-state index in [1.807, 2.05) is 30.3 Å². The number of hydrogen-bond donors (Lipinski definition) is 2. The fourth-order valence-corrected chi connectivity index (χ4v) is 2.61. The van der Waals surface area contributed by atoms with Crippen LogP contribution in [0.15, 0.2) is 30.3 Å². The monoisotopic (exact) mass is 275 g/mol. The summed E-state index contributed by atoms with van der Waals surface area (Å²) in [5.74, 6) is 0.589. The molecule has 0 radical (unpaired) electrons. The van der Waals surface area contributed by atoms with Crippen molar-refractivity contribution < 1.29 is 4.79 Å². The van der Waals surface area contributed by atoms with Gasteiger partial charge in [-0.05, 0) is 57.8 Å². The first-order valence-electron chi connectivity index (χ1n) is 7.49. The average molecular weight is 275 g/mol. The first kappa shape index (κ1) is 15.0. The van der Waals surface area contributed by atoms with Crippen LogP contribution in [0.1, 0.15) is 37.0 Å². The summed E-state index contributed by atoms with van der Waals surface area (Å²) in [7, 11) is 0. The van der Waals surface area contributed by atoms with Crippen molar-refractivity contribution in [2.45, 2.75) is 32.7 Å². The number of rotatable bonds is 5. The van der Waals surface area contributed by atoms with Crippen molar-refractivity contribution in [2.75, 3.05) is 19.6 Å². The number of piperidine rings is 1. The molecule has 0 aromatic heterocycles. The van der Waals surface area contributed by atoms with E-state index in [1.54, 1.807) is 0 Å². The molecule has 0 saturated carbocycles. The molecule has 1 heterocycles. The van der Waals surface area contributed by atoms with Gasteiger partial charge in [0.25, 0.3) is 5.91 Å². The summed E-state index contributed by atoms with van der Waals surface area (Å²) in [4.78, 5) is 14.4. The molecule has 0 spiro atoms. The highest BCUT2D eigenvalue weighted by molar-refractivity contribution is 5.93. The zero-order valence-electron chi connectivity index (χ0n) is 12.4. The maximum atomic E-state index is 11.8. The van der Waals surface area contributed by atoms with E-state index in [0.717, 1.165) is 19.6 Å². The van der Waals surface area contributed by atoms with Crippen LogP contribution in [-0.4, -0.2) is 36.5 Å². The van der Waals surface area contributed by atoms with Gasteiger partial charge in [0.05, 0.1) is 0 Å². The van der Waals surface area contributed by atoms with E-state index in [-0.39, 0.29) is 5.91 Å². The number of benzene rings is 1. The van der Waals surface area contributed by atoms with Crippen molar-refractivity contribution in [1.82, 2.24) is 15.8 Å². The molecule has 0 unspecified atom stereocenters. The Morgan fingerprint density at radius 3 is 2.50 bits per heavy atom. The molecule has 0 atom stereocenters. The van der Waals surface area contributed by atoms with E-state index in [4.69, 9.17) is 0 Å². The van der Waals surface area contributed by atoms with Crippen molar-refractivity contribution in [1.29, 1.82) is 0 Å². The molecule has 1 aromatic rings. The molecule has 0 bridgehead atoms. The van der Waals surface area contributed by atoms with E-state index >= 15 is 0 Å². The summed E-state index contributed by atoms with van der Waals surface area (Å²) < 4.78 is 0. The van der Waals surface area contributed by atoms with E-state index in [9.17, 15) is 4.79 Å². The first-order chi connectivity index (χ1) is 9.66. The molecule has 0 aliphatic carbocycles. The Bertz CT molecular complexity index is 411. The quantitative estimate of drug-likeness (QED) is 0.808. The Balaban J connectivity index is 1.66. The van der Waals surface area contributed by atoms with Crippen LogP contribution in [0.2, 0.25) is 0 Å². The van der Waals surface area contributed by atoms with Crippen LogP contribution >= 0.6 is 0 Å². The second-order valence-electron chi connectivity index (χ2n) is 5.77. The summed E-state index contributed by atoms with van der Waals surface area (Å²) in [6.07, 6.45) is 2.40. The molecular formula is C16H25N3O. The van der Waals surface area contributed by atoms with Gasteiger partial charge in [-0.25, -0.2) is 5.43 Å². The molecule has 1 saturated heterocycles. The van der Waals surface area contributed by atoms with E-state index in [0.29, 0.717) is 17.5 Å². The fourth-order valence-electron chi connectivity index (χ4n) is 2.61. The molecule has 4 nitrogen and oxygen atoms in total. The van der Waals surface area contributed by atoms with Gasteiger partial charge < -0.3 is 4.90 Å². The van der Waals surface area contributed by atoms with Gasteiger partial charge in [0.1, 0.15) is 0 Å². The number of likely N-dealkylation sites (tertiary alicyclic amines) is 1. The zero-order valence-corrected chi connectivity index (χ0v) is 12.4. The molecule has 1 fully saturated rings. The van der Waals surface area contributed by atoms with Crippen LogP contribution in [0.4, 0.5) is 0 Å². The molecule has 2 N–H and O–H groups in total. The number of nitrogens with zero attached hydrogens (tertiary/aromatic N) is 1. The van der Waals surface area contributed by atoms with Gasteiger partial charge in [-0.15, -0.1) is 0 Å². The van der Waals surface area contributed by atoms with Crippen molar-refractivity contribution in [3.63, 3.8) is 0 Å². The Hall–Kier alpha value is -1.39. The van der Waals surface area contributed by atoms with Gasteiger partial charge >= 0.3 is 0 Å². The minimum atomic E-state index is -0.0646. The molecule has 2 rings (SSSR count). The Kier molecular flexibility index (Phi) is 5.56. The molecular weight excluding hydrogens is 250 g/mol. The minimum Gasteiger partial charge on any atom is -0.301 e. The Morgan fingerprint density at radius 2 is 1.90 bits per heavy atom. The SMILES string of the molecule is CC(C)N1CCC(CNNC(=O)c2ccccc2)CC1. The van der Waals surface area contributed by atoms with Crippen molar-refractivity contribution >= 4 is 5.91 Å². The predicted octanol–water partition coefficient (Wildman–Crippen LogP) is 2.04. The number of nitrogens with one attached hydrogen (secondary N) is 2. The highest BCUT2D eigenvalue weighted by atomic mass is 16.2. The lowest BCUT2D eigenvalue weighted by molar-refractivity contribution is 0.0922. The number of carbonyl (C=O) groups excluding carboxylic acids is 1. The number of amides is 1. The molecule has 4 heteroatoms. The van der Waals surface area contributed by atoms with Crippen LogP contribution in [0, 0.1) is 5.92 Å². The lowest BCUT2D eigenvalue weighted by Gasteiger charge is -2.34. The molecule has 1 aromatic carbocycles. The Labute approximate surface area is 121 Å². The van der Waals surface area contributed by atoms with Gasteiger partial charge in [-0.2, -0.15) is 0 Å². The maximum Gasteiger partial charge on any atom is 0.265 e. The van der Waals surface area contributed by atoms with Crippen LogP contribution in [0.5, 0.6) is 0 Å². The third-order valence-electron chi connectivity index (χ3n) is 4.01. The van der Waals surface area contributed by atoms with Gasteiger partial charge in [0.2, 0.25) is 0 Å². The minimum absolute atomic E-state index is 0.0646. The molecule has 1 aliphatic rings. The smallest absolute Gasteiger partial charge is 0.265 e. The first-order valence-corrected chi connectivity index (χ1v) is 7.49. The van der Waals surface area contributed by atoms with Crippen molar-refractivity contribution in [3.05, 3.63) is 35.9 Å². The van der Waals surface area contributed by atoms with E-state index in [2.05, 4.69) is 29.6 Å². The van der Waals surface area contributed by atoms with Crippen molar-refractivity contribution in [3.8, 4) is 0 Å². The fraction of sp³-hybridized carbons (Fsp3) is 0.562. The number of hydrogen-bond acceptors (Lipinski definition) is 3. The normalized spacial score (nSPS) is 17.4. The van der Waals surface area contributed by atoms with Crippen LogP contribution in [-0.2, 0) is 0 Å². The summed E-state index contributed by atoms with van der Waals surface area (Å²) in [6.45, 7) is 7.68. The zero-order chi connectivity index (χ0) is 14.4. The standard InChI is InChI=1S/C16H25N3O/c1-13(2)19-10-8-14(9-11-19)12-17-18-16(20)15-6-4-3-5-7-15/h3-7,13-14,17H,8-12H2,1-2H3,(H,18,20). The van der Waals surface area contributed by atoms with Gasteiger partial charge in [0.15, 0.2) is 0 Å². The third-order valence-corrected chi connectivity index (χ3v) is 4.01. The van der Waals surface area contributed by atoms with Gasteiger partial charge in [-0.1, -0.05) is 18.2 Å². The van der Waals surface area contributed by atoms with Crippen molar-refractivity contribution in [2.24, 2.45) is 5.92 Å². The highest BCUT2D eigenvalue weighted by Crippen LogP contribution is 2.17. The van der Waals surface area contributed by atoms with Crippen LogP contribution in [0.25, 0.3) is 0 Å². The summed E-state index contributed by atoms with van der Waals surface area (Å²) in [5.41, 5.74) is 6.55.